The van der Waals surface area contributed by atoms with Gasteiger partial charge in [0, 0.05) is 13.1 Å². The lowest BCUT2D eigenvalue weighted by Gasteiger charge is -2.32. The molecule has 0 amide bonds. The summed E-state index contributed by atoms with van der Waals surface area (Å²) < 4.78 is 25.9. The molecule has 1 aliphatic carbocycles. The number of piperidine rings is 1. The fourth-order valence-electron chi connectivity index (χ4n) is 2.65. The molecular formula is C12H25ClN2O2S. The molecule has 0 radical (unpaired) electrons. The third-order valence-corrected chi connectivity index (χ3v) is 6.21. The lowest BCUT2D eigenvalue weighted by molar-refractivity contribution is 0.273. The minimum atomic E-state index is -2.99. The van der Waals surface area contributed by atoms with Crippen LogP contribution in [-0.2, 0) is 10.0 Å². The van der Waals surface area contributed by atoms with Crippen molar-refractivity contribution in [1.29, 1.82) is 0 Å². The van der Waals surface area contributed by atoms with E-state index in [1.807, 2.05) is 0 Å². The van der Waals surface area contributed by atoms with Gasteiger partial charge in [0.2, 0.25) is 10.0 Å². The molecule has 108 valence electrons. The number of nitrogens with two attached hydrogens (primary N) is 1. The average Bonchev–Trinajstić information content (AvgIpc) is 2.27. The van der Waals surface area contributed by atoms with E-state index < -0.39 is 10.0 Å². The van der Waals surface area contributed by atoms with Crippen molar-refractivity contribution in [3.8, 4) is 0 Å². The minimum absolute atomic E-state index is 0. The summed E-state index contributed by atoms with van der Waals surface area (Å²) in [5.41, 5.74) is 5.61. The van der Waals surface area contributed by atoms with Crippen LogP contribution < -0.4 is 5.73 Å². The monoisotopic (exact) mass is 296 g/mol. The number of sulfonamides is 1. The lowest BCUT2D eigenvalue weighted by Crippen LogP contribution is -2.41. The van der Waals surface area contributed by atoms with Crippen LogP contribution in [0, 0.1) is 11.8 Å². The van der Waals surface area contributed by atoms with Crippen molar-refractivity contribution >= 4 is 22.4 Å². The fourth-order valence-corrected chi connectivity index (χ4v) is 4.31. The van der Waals surface area contributed by atoms with E-state index in [0.717, 1.165) is 19.3 Å². The van der Waals surface area contributed by atoms with Crippen LogP contribution in [-0.4, -0.2) is 38.1 Å². The molecule has 0 aromatic carbocycles. The Bertz CT molecular complexity index is 336. The highest BCUT2D eigenvalue weighted by molar-refractivity contribution is 7.89. The third-order valence-electron chi connectivity index (χ3n) is 4.31. The Balaban J connectivity index is 0.00000162. The van der Waals surface area contributed by atoms with E-state index in [1.54, 1.807) is 4.31 Å². The number of nitrogens with zero attached hydrogens (tertiary/aromatic N) is 1. The Morgan fingerprint density at radius 1 is 1.06 bits per heavy atom. The average molecular weight is 297 g/mol. The van der Waals surface area contributed by atoms with Gasteiger partial charge in [0.05, 0.1) is 5.75 Å². The lowest BCUT2D eigenvalue weighted by atomic mass is 9.84. The number of hydrogen-bond acceptors (Lipinski definition) is 3. The molecule has 2 N–H and O–H groups in total. The molecule has 2 rings (SSSR count). The highest BCUT2D eigenvalue weighted by Crippen LogP contribution is 2.30. The van der Waals surface area contributed by atoms with Crippen LogP contribution in [0.1, 0.15) is 38.5 Å². The first-order chi connectivity index (χ1) is 8.12. The number of rotatable bonds is 5. The Morgan fingerprint density at radius 3 is 2.11 bits per heavy atom. The van der Waals surface area contributed by atoms with Gasteiger partial charge in [-0.3, -0.25) is 0 Å². The molecule has 0 spiro atoms. The van der Waals surface area contributed by atoms with Gasteiger partial charge in [0.1, 0.15) is 0 Å². The summed E-state index contributed by atoms with van der Waals surface area (Å²) >= 11 is 0. The standard InChI is InChI=1S/C12H24N2O2S.ClH/c13-10-12-4-7-14(8-5-12)17(15,16)9-6-11-2-1-3-11;/h11-12H,1-10,13H2;1H. The van der Waals surface area contributed by atoms with E-state index in [4.69, 9.17) is 5.73 Å². The molecule has 1 heterocycles. The summed E-state index contributed by atoms with van der Waals surface area (Å²) in [7, 11) is -2.99. The Kier molecular flexibility index (Phi) is 6.38. The van der Waals surface area contributed by atoms with Gasteiger partial charge >= 0.3 is 0 Å². The van der Waals surface area contributed by atoms with E-state index in [2.05, 4.69) is 0 Å². The third kappa shape index (κ3) is 4.08. The Labute approximate surface area is 117 Å². The summed E-state index contributed by atoms with van der Waals surface area (Å²) in [5.74, 6) is 1.55. The van der Waals surface area contributed by atoms with Crippen LogP contribution in [0.4, 0.5) is 0 Å². The SMILES string of the molecule is Cl.NCC1CCN(S(=O)(=O)CCC2CCC2)CC1. The second-order valence-electron chi connectivity index (χ2n) is 5.48. The van der Waals surface area contributed by atoms with E-state index in [1.165, 1.54) is 19.3 Å². The van der Waals surface area contributed by atoms with Crippen molar-refractivity contribution in [2.24, 2.45) is 17.6 Å². The molecule has 0 bridgehead atoms. The van der Waals surface area contributed by atoms with Crippen molar-refractivity contribution in [1.82, 2.24) is 4.31 Å². The first-order valence-corrected chi connectivity index (χ1v) is 8.40. The van der Waals surface area contributed by atoms with Crippen LogP contribution in [0.25, 0.3) is 0 Å². The first-order valence-electron chi connectivity index (χ1n) is 6.79. The Morgan fingerprint density at radius 2 is 1.67 bits per heavy atom. The molecular weight excluding hydrogens is 272 g/mol. The predicted octanol–water partition coefficient (Wildman–Crippen LogP) is 1.60. The smallest absolute Gasteiger partial charge is 0.214 e. The van der Waals surface area contributed by atoms with Crippen molar-refractivity contribution in [2.75, 3.05) is 25.4 Å². The number of halogens is 1. The van der Waals surface area contributed by atoms with Crippen molar-refractivity contribution < 1.29 is 8.42 Å². The maximum atomic E-state index is 12.1. The molecule has 1 aliphatic heterocycles. The van der Waals surface area contributed by atoms with Gasteiger partial charge in [-0.05, 0) is 37.6 Å². The van der Waals surface area contributed by atoms with Crippen LogP contribution in [0.2, 0.25) is 0 Å². The van der Waals surface area contributed by atoms with Crippen LogP contribution in [0.3, 0.4) is 0 Å². The molecule has 0 atom stereocenters. The van der Waals surface area contributed by atoms with Crippen LogP contribution in [0.5, 0.6) is 0 Å². The minimum Gasteiger partial charge on any atom is -0.330 e. The van der Waals surface area contributed by atoms with Gasteiger partial charge in [0.15, 0.2) is 0 Å². The van der Waals surface area contributed by atoms with Crippen molar-refractivity contribution in [2.45, 2.75) is 38.5 Å². The van der Waals surface area contributed by atoms with Gasteiger partial charge in [0.25, 0.3) is 0 Å². The van der Waals surface area contributed by atoms with E-state index in [9.17, 15) is 8.42 Å². The van der Waals surface area contributed by atoms with Gasteiger partial charge in [-0.1, -0.05) is 19.3 Å². The zero-order chi connectivity index (χ0) is 12.3. The molecule has 0 aromatic rings. The molecule has 1 saturated heterocycles. The molecule has 6 heteroatoms. The van der Waals surface area contributed by atoms with Gasteiger partial charge in [-0.2, -0.15) is 0 Å². The fraction of sp³-hybridized carbons (Fsp3) is 1.00. The van der Waals surface area contributed by atoms with E-state index >= 15 is 0 Å². The second-order valence-corrected chi connectivity index (χ2v) is 7.57. The largest absolute Gasteiger partial charge is 0.330 e. The summed E-state index contributed by atoms with van der Waals surface area (Å²) in [6.07, 6.45) is 6.46. The number of hydrogen-bond donors (Lipinski definition) is 1. The summed E-state index contributed by atoms with van der Waals surface area (Å²) in [6.45, 7) is 2.04. The topological polar surface area (TPSA) is 63.4 Å². The summed E-state index contributed by atoms with van der Waals surface area (Å²) in [4.78, 5) is 0. The van der Waals surface area contributed by atoms with Crippen LogP contribution in [0.15, 0.2) is 0 Å². The molecule has 18 heavy (non-hydrogen) atoms. The molecule has 2 aliphatic rings. The maximum Gasteiger partial charge on any atom is 0.214 e. The highest BCUT2D eigenvalue weighted by atomic mass is 35.5. The summed E-state index contributed by atoms with van der Waals surface area (Å²) in [6, 6.07) is 0. The molecule has 2 fully saturated rings. The molecule has 1 saturated carbocycles. The molecule has 0 aromatic heterocycles. The predicted molar refractivity (Wildman–Crippen MR) is 76.3 cm³/mol. The van der Waals surface area contributed by atoms with E-state index in [0.29, 0.717) is 37.2 Å². The quantitative estimate of drug-likeness (QED) is 0.838. The normalized spacial score (nSPS) is 23.4. The van der Waals surface area contributed by atoms with Crippen molar-refractivity contribution in [3.63, 3.8) is 0 Å². The van der Waals surface area contributed by atoms with Crippen LogP contribution >= 0.6 is 12.4 Å². The Hall–Kier alpha value is 0.160. The summed E-state index contributed by atoms with van der Waals surface area (Å²) in [5, 5.41) is 0. The van der Waals surface area contributed by atoms with Gasteiger partial charge in [-0.25, -0.2) is 12.7 Å². The zero-order valence-electron chi connectivity index (χ0n) is 10.9. The zero-order valence-corrected chi connectivity index (χ0v) is 12.5. The van der Waals surface area contributed by atoms with Gasteiger partial charge in [-0.15, -0.1) is 12.4 Å². The van der Waals surface area contributed by atoms with E-state index in [-0.39, 0.29) is 12.4 Å². The van der Waals surface area contributed by atoms with Gasteiger partial charge < -0.3 is 5.73 Å². The molecule has 4 nitrogen and oxygen atoms in total. The first kappa shape index (κ1) is 16.2. The second kappa shape index (κ2) is 7.08. The van der Waals surface area contributed by atoms with Crippen molar-refractivity contribution in [3.05, 3.63) is 0 Å². The molecule has 0 unspecified atom stereocenters. The highest BCUT2D eigenvalue weighted by Gasteiger charge is 2.28. The maximum absolute atomic E-state index is 12.1.